The van der Waals surface area contributed by atoms with Crippen LogP contribution in [0.25, 0.3) is 6.08 Å². The molecule has 0 saturated carbocycles. The van der Waals surface area contributed by atoms with E-state index >= 15 is 0 Å². The number of nitrogens with zero attached hydrogens (tertiary/aromatic N) is 1. The Bertz CT molecular complexity index is 382. The Kier molecular flexibility index (Phi) is 5.23. The molecule has 0 spiro atoms. The van der Waals surface area contributed by atoms with Gasteiger partial charge in [-0.05, 0) is 37.9 Å². The second-order valence-corrected chi connectivity index (χ2v) is 4.09. The first-order valence-corrected chi connectivity index (χ1v) is 5.54. The molecule has 1 rings (SSSR count). The second-order valence-electron chi connectivity index (χ2n) is 4.09. The van der Waals surface area contributed by atoms with Crippen molar-refractivity contribution in [3.63, 3.8) is 0 Å². The lowest BCUT2D eigenvalue weighted by Gasteiger charge is -2.08. The van der Waals surface area contributed by atoms with Gasteiger partial charge in [0.1, 0.15) is 0 Å². The van der Waals surface area contributed by atoms with Gasteiger partial charge in [0.05, 0.1) is 0 Å². The molecule has 0 aliphatic rings. The van der Waals surface area contributed by atoms with Gasteiger partial charge < -0.3 is 16.0 Å². The third-order valence-corrected chi connectivity index (χ3v) is 2.22. The lowest BCUT2D eigenvalue weighted by molar-refractivity contribution is -0.116. The SMILES string of the molecule is CN(C)CCNC(=O)/C=C/c1ccc(N)cc1. The fraction of sp³-hybridized carbons (Fsp3) is 0.308. The van der Waals surface area contributed by atoms with E-state index in [1.54, 1.807) is 6.08 Å². The quantitative estimate of drug-likeness (QED) is 0.588. The monoisotopic (exact) mass is 233 g/mol. The van der Waals surface area contributed by atoms with Gasteiger partial charge in [-0.25, -0.2) is 0 Å². The van der Waals surface area contributed by atoms with Gasteiger partial charge in [0.2, 0.25) is 5.91 Å². The van der Waals surface area contributed by atoms with Crippen molar-refractivity contribution < 1.29 is 4.79 Å². The molecule has 0 aliphatic heterocycles. The smallest absolute Gasteiger partial charge is 0.244 e. The van der Waals surface area contributed by atoms with Gasteiger partial charge in [-0.2, -0.15) is 0 Å². The third-order valence-electron chi connectivity index (χ3n) is 2.22. The molecule has 0 heterocycles. The predicted octanol–water partition coefficient (Wildman–Crippen LogP) is 0.960. The molecular weight excluding hydrogens is 214 g/mol. The zero-order valence-electron chi connectivity index (χ0n) is 10.3. The maximum Gasteiger partial charge on any atom is 0.244 e. The van der Waals surface area contributed by atoms with Gasteiger partial charge >= 0.3 is 0 Å². The second kappa shape index (κ2) is 6.70. The van der Waals surface area contributed by atoms with Gasteiger partial charge in [0.25, 0.3) is 0 Å². The van der Waals surface area contributed by atoms with Crippen molar-refractivity contribution in [3.05, 3.63) is 35.9 Å². The van der Waals surface area contributed by atoms with Crippen LogP contribution in [0.5, 0.6) is 0 Å². The van der Waals surface area contributed by atoms with Crippen LogP contribution in [0.3, 0.4) is 0 Å². The number of anilines is 1. The highest BCUT2D eigenvalue weighted by molar-refractivity contribution is 5.91. The summed E-state index contributed by atoms with van der Waals surface area (Å²) in [5.74, 6) is -0.0799. The van der Waals surface area contributed by atoms with E-state index in [1.807, 2.05) is 43.3 Å². The number of benzene rings is 1. The van der Waals surface area contributed by atoms with Crippen LogP contribution in [0.15, 0.2) is 30.3 Å². The average molecular weight is 233 g/mol. The number of nitrogen functional groups attached to an aromatic ring is 1. The minimum absolute atomic E-state index is 0.0799. The van der Waals surface area contributed by atoms with Gasteiger partial charge in [0, 0.05) is 24.9 Å². The lowest BCUT2D eigenvalue weighted by Crippen LogP contribution is -2.30. The first-order valence-electron chi connectivity index (χ1n) is 5.54. The van der Waals surface area contributed by atoms with Crippen molar-refractivity contribution in [2.24, 2.45) is 0 Å². The molecule has 1 amide bonds. The number of rotatable bonds is 5. The highest BCUT2D eigenvalue weighted by atomic mass is 16.1. The van der Waals surface area contributed by atoms with Crippen LogP contribution in [0.4, 0.5) is 5.69 Å². The van der Waals surface area contributed by atoms with E-state index in [1.165, 1.54) is 6.08 Å². The van der Waals surface area contributed by atoms with Crippen LogP contribution in [0.1, 0.15) is 5.56 Å². The van der Waals surface area contributed by atoms with E-state index in [-0.39, 0.29) is 5.91 Å². The fourth-order valence-electron chi connectivity index (χ4n) is 1.24. The summed E-state index contributed by atoms with van der Waals surface area (Å²) >= 11 is 0. The third kappa shape index (κ3) is 5.73. The largest absolute Gasteiger partial charge is 0.399 e. The van der Waals surface area contributed by atoms with Gasteiger partial charge in [-0.1, -0.05) is 12.1 Å². The topological polar surface area (TPSA) is 58.4 Å². The van der Waals surface area contributed by atoms with Crippen molar-refractivity contribution >= 4 is 17.7 Å². The normalized spacial score (nSPS) is 11.0. The molecule has 1 aromatic carbocycles. The Labute approximate surface area is 102 Å². The number of hydrogen-bond acceptors (Lipinski definition) is 3. The van der Waals surface area contributed by atoms with Crippen LogP contribution in [-0.4, -0.2) is 38.0 Å². The van der Waals surface area contributed by atoms with Crippen LogP contribution in [0.2, 0.25) is 0 Å². The molecule has 0 saturated heterocycles. The molecule has 92 valence electrons. The lowest BCUT2D eigenvalue weighted by atomic mass is 10.2. The highest BCUT2D eigenvalue weighted by Gasteiger charge is 1.95. The molecule has 0 aromatic heterocycles. The summed E-state index contributed by atoms with van der Waals surface area (Å²) in [4.78, 5) is 13.4. The van der Waals surface area contributed by atoms with Crippen molar-refractivity contribution in [3.8, 4) is 0 Å². The molecule has 0 atom stereocenters. The predicted molar refractivity (Wildman–Crippen MR) is 71.5 cm³/mol. The summed E-state index contributed by atoms with van der Waals surface area (Å²) in [6.45, 7) is 1.49. The molecule has 0 unspecified atom stereocenters. The molecule has 4 nitrogen and oxygen atoms in total. The Morgan fingerprint density at radius 2 is 2.00 bits per heavy atom. The van der Waals surface area contributed by atoms with E-state index in [4.69, 9.17) is 5.73 Å². The Morgan fingerprint density at radius 3 is 2.59 bits per heavy atom. The Hall–Kier alpha value is -1.81. The van der Waals surface area contributed by atoms with Gasteiger partial charge in [-0.3, -0.25) is 4.79 Å². The molecule has 0 radical (unpaired) electrons. The number of amides is 1. The average Bonchev–Trinajstić information content (AvgIpc) is 2.28. The van der Waals surface area contributed by atoms with Crippen molar-refractivity contribution in [1.29, 1.82) is 0 Å². The summed E-state index contributed by atoms with van der Waals surface area (Å²) in [6.07, 6.45) is 3.30. The molecule has 1 aromatic rings. The van der Waals surface area contributed by atoms with Crippen molar-refractivity contribution in [2.45, 2.75) is 0 Å². The molecule has 3 N–H and O–H groups in total. The van der Waals surface area contributed by atoms with E-state index in [0.29, 0.717) is 6.54 Å². The number of hydrogen-bond donors (Lipinski definition) is 2. The zero-order chi connectivity index (χ0) is 12.7. The summed E-state index contributed by atoms with van der Waals surface area (Å²) in [6, 6.07) is 7.37. The van der Waals surface area contributed by atoms with Crippen molar-refractivity contribution in [2.75, 3.05) is 32.9 Å². The summed E-state index contributed by atoms with van der Waals surface area (Å²) < 4.78 is 0. The molecule has 17 heavy (non-hydrogen) atoms. The summed E-state index contributed by atoms with van der Waals surface area (Å²) in [7, 11) is 3.94. The molecule has 4 heteroatoms. The number of nitrogens with one attached hydrogen (secondary N) is 1. The van der Waals surface area contributed by atoms with E-state index in [2.05, 4.69) is 5.32 Å². The number of carbonyl (C=O) groups is 1. The zero-order valence-corrected chi connectivity index (χ0v) is 10.3. The van der Waals surface area contributed by atoms with E-state index < -0.39 is 0 Å². The van der Waals surface area contributed by atoms with Gasteiger partial charge in [0.15, 0.2) is 0 Å². The van der Waals surface area contributed by atoms with Gasteiger partial charge in [-0.15, -0.1) is 0 Å². The number of nitrogens with two attached hydrogens (primary N) is 1. The Morgan fingerprint density at radius 1 is 1.35 bits per heavy atom. The maximum atomic E-state index is 11.4. The molecule has 0 bridgehead atoms. The van der Waals surface area contributed by atoms with Crippen LogP contribution in [0, 0.1) is 0 Å². The maximum absolute atomic E-state index is 11.4. The highest BCUT2D eigenvalue weighted by Crippen LogP contribution is 2.06. The minimum atomic E-state index is -0.0799. The van der Waals surface area contributed by atoms with Crippen LogP contribution in [-0.2, 0) is 4.79 Å². The van der Waals surface area contributed by atoms with Crippen LogP contribution < -0.4 is 11.1 Å². The summed E-state index contributed by atoms with van der Waals surface area (Å²) in [5, 5.41) is 2.80. The van der Waals surface area contributed by atoms with Crippen LogP contribution >= 0.6 is 0 Å². The first kappa shape index (κ1) is 13.3. The number of carbonyl (C=O) groups excluding carboxylic acids is 1. The number of likely N-dealkylation sites (N-methyl/N-ethyl adjacent to an activating group) is 1. The van der Waals surface area contributed by atoms with E-state index in [0.717, 1.165) is 17.8 Å². The molecule has 0 fully saturated rings. The fourth-order valence-corrected chi connectivity index (χ4v) is 1.24. The summed E-state index contributed by atoms with van der Waals surface area (Å²) in [5.41, 5.74) is 7.25. The standard InChI is InChI=1S/C13H19N3O/c1-16(2)10-9-15-13(17)8-5-11-3-6-12(14)7-4-11/h3-8H,9-10,14H2,1-2H3,(H,15,17)/b8-5+. The van der Waals surface area contributed by atoms with E-state index in [9.17, 15) is 4.79 Å². The molecule has 0 aliphatic carbocycles. The molecular formula is C13H19N3O. The first-order chi connectivity index (χ1) is 8.08. The minimum Gasteiger partial charge on any atom is -0.399 e. The van der Waals surface area contributed by atoms with Crippen molar-refractivity contribution in [1.82, 2.24) is 10.2 Å². The Balaban J connectivity index is 2.37.